The van der Waals surface area contributed by atoms with Crippen LogP contribution in [0.5, 0.6) is 5.75 Å². The number of hydrogen-bond acceptors (Lipinski definition) is 3. The maximum atomic E-state index is 12.2. The molecule has 0 atom stereocenters. The van der Waals surface area contributed by atoms with Crippen molar-refractivity contribution in [1.29, 1.82) is 0 Å². The van der Waals surface area contributed by atoms with Crippen molar-refractivity contribution in [3.63, 3.8) is 0 Å². The molecule has 0 aliphatic heterocycles. The van der Waals surface area contributed by atoms with Crippen LogP contribution in [0, 0.1) is 0 Å². The van der Waals surface area contributed by atoms with Gasteiger partial charge in [0.05, 0.1) is 0 Å². The number of nitrogens with one attached hydrogen (secondary N) is 2. The number of benzene rings is 1. The van der Waals surface area contributed by atoms with Crippen molar-refractivity contribution in [2.75, 3.05) is 5.32 Å². The number of hydrogen-bond donors (Lipinski definition) is 3. The van der Waals surface area contributed by atoms with E-state index in [1.165, 1.54) is 57.1 Å². The molecule has 0 bridgehead atoms. The third-order valence-corrected chi connectivity index (χ3v) is 4.75. The Bertz CT molecular complexity index is 548. The fraction of sp³-hybridized carbons (Fsp3) is 0.600. The molecule has 0 aromatic heterocycles. The Kier molecular flexibility index (Phi) is 8.29. The zero-order chi connectivity index (χ0) is 17.9. The first kappa shape index (κ1) is 19.3. The number of aromatic hydroxyl groups is 1. The second-order valence-electron chi connectivity index (χ2n) is 6.93. The van der Waals surface area contributed by atoms with Gasteiger partial charge in [-0.25, -0.2) is 0 Å². The first-order valence-electron chi connectivity index (χ1n) is 9.56. The lowest BCUT2D eigenvalue weighted by Crippen LogP contribution is -2.41. The molecule has 0 heterocycles. The summed E-state index contributed by atoms with van der Waals surface area (Å²) in [5.41, 5.74) is 0.416. The second kappa shape index (κ2) is 10.7. The normalized spacial score (nSPS) is 17.8. The number of phenolic OH excluding ortho intramolecular Hbond substituents is 1. The molecule has 1 aromatic rings. The van der Waals surface area contributed by atoms with Crippen molar-refractivity contribution in [2.45, 2.75) is 76.7 Å². The molecule has 5 heteroatoms. The summed E-state index contributed by atoms with van der Waals surface area (Å²) in [6.07, 6.45) is 12.9. The number of carbonyl (C=O) groups excluding carboxylic acids is 2. The van der Waals surface area contributed by atoms with Crippen LogP contribution in [0.15, 0.2) is 24.3 Å². The Labute approximate surface area is 150 Å². The smallest absolute Gasteiger partial charge is 0.313 e. The molecule has 1 saturated carbocycles. The SMILES string of the molecule is O=C(Nc1cccc(O)c1)C(=O)NC1CCCCCCCCCCC1. The minimum absolute atomic E-state index is 0.0533. The molecule has 5 nitrogen and oxygen atoms in total. The summed E-state index contributed by atoms with van der Waals surface area (Å²) < 4.78 is 0. The van der Waals surface area contributed by atoms with E-state index in [2.05, 4.69) is 10.6 Å². The van der Waals surface area contributed by atoms with Gasteiger partial charge < -0.3 is 15.7 Å². The van der Waals surface area contributed by atoms with E-state index in [4.69, 9.17) is 0 Å². The molecule has 0 saturated heterocycles. The molecule has 0 radical (unpaired) electrons. The molecule has 0 spiro atoms. The molecule has 1 fully saturated rings. The Hall–Kier alpha value is -2.04. The number of amides is 2. The standard InChI is InChI=1S/C20H30N2O3/c23-18-14-10-13-17(15-18)22-20(25)19(24)21-16-11-8-6-4-2-1-3-5-7-9-12-16/h10,13-16,23H,1-9,11-12H2,(H,21,24)(H,22,25). The Balaban J connectivity index is 1.83. The summed E-state index contributed by atoms with van der Waals surface area (Å²) in [6, 6.07) is 6.26. The van der Waals surface area contributed by atoms with Gasteiger partial charge in [0, 0.05) is 17.8 Å². The highest BCUT2D eigenvalue weighted by Crippen LogP contribution is 2.17. The van der Waals surface area contributed by atoms with Crippen LogP contribution in [0.3, 0.4) is 0 Å². The quantitative estimate of drug-likeness (QED) is 0.705. The van der Waals surface area contributed by atoms with Crippen molar-refractivity contribution in [3.8, 4) is 5.75 Å². The molecule has 3 N–H and O–H groups in total. The topological polar surface area (TPSA) is 78.4 Å². The van der Waals surface area contributed by atoms with Crippen molar-refractivity contribution in [2.24, 2.45) is 0 Å². The predicted octanol–water partition coefficient (Wildman–Crippen LogP) is 4.12. The minimum atomic E-state index is -0.684. The molecule has 2 rings (SSSR count). The summed E-state index contributed by atoms with van der Waals surface area (Å²) in [7, 11) is 0. The average Bonchev–Trinajstić information content (AvgIpc) is 2.57. The Morgan fingerprint density at radius 3 is 1.96 bits per heavy atom. The zero-order valence-electron chi connectivity index (χ0n) is 14.9. The average molecular weight is 346 g/mol. The summed E-state index contributed by atoms with van der Waals surface area (Å²) in [4.78, 5) is 24.3. The minimum Gasteiger partial charge on any atom is -0.508 e. The molecule has 1 aromatic carbocycles. The number of anilines is 1. The van der Waals surface area contributed by atoms with Gasteiger partial charge in [-0.3, -0.25) is 9.59 Å². The van der Waals surface area contributed by atoms with E-state index in [0.717, 1.165) is 25.7 Å². The van der Waals surface area contributed by atoms with Crippen LogP contribution in [-0.4, -0.2) is 23.0 Å². The zero-order valence-corrected chi connectivity index (χ0v) is 14.9. The van der Waals surface area contributed by atoms with Gasteiger partial charge in [-0.2, -0.15) is 0 Å². The summed E-state index contributed by atoms with van der Waals surface area (Å²) in [5, 5.41) is 14.8. The fourth-order valence-corrected chi connectivity index (χ4v) is 3.33. The first-order chi connectivity index (χ1) is 12.1. The van der Waals surface area contributed by atoms with E-state index in [9.17, 15) is 14.7 Å². The molecule has 1 aliphatic carbocycles. The maximum Gasteiger partial charge on any atom is 0.313 e. The highest BCUT2D eigenvalue weighted by Gasteiger charge is 2.18. The van der Waals surface area contributed by atoms with E-state index in [-0.39, 0.29) is 11.8 Å². The molecule has 1 aliphatic rings. The first-order valence-corrected chi connectivity index (χ1v) is 9.56. The van der Waals surface area contributed by atoms with E-state index in [0.29, 0.717) is 5.69 Å². The second-order valence-corrected chi connectivity index (χ2v) is 6.93. The lowest BCUT2D eigenvalue weighted by Gasteiger charge is -2.19. The summed E-state index contributed by atoms with van der Waals surface area (Å²) in [5.74, 6) is -1.23. The van der Waals surface area contributed by atoms with Gasteiger partial charge in [0.15, 0.2) is 0 Å². The molecular weight excluding hydrogens is 316 g/mol. The summed E-state index contributed by atoms with van der Waals surface area (Å²) in [6.45, 7) is 0. The Morgan fingerprint density at radius 2 is 1.40 bits per heavy atom. The maximum absolute atomic E-state index is 12.2. The van der Waals surface area contributed by atoms with Gasteiger partial charge in [-0.05, 0) is 25.0 Å². The van der Waals surface area contributed by atoms with Crippen molar-refractivity contribution >= 4 is 17.5 Å². The van der Waals surface area contributed by atoms with E-state index < -0.39 is 11.8 Å². The van der Waals surface area contributed by atoms with E-state index >= 15 is 0 Å². The van der Waals surface area contributed by atoms with E-state index in [1.54, 1.807) is 12.1 Å². The van der Waals surface area contributed by atoms with Crippen LogP contribution in [0.2, 0.25) is 0 Å². The molecule has 25 heavy (non-hydrogen) atoms. The summed E-state index contributed by atoms with van der Waals surface area (Å²) >= 11 is 0. The van der Waals surface area contributed by atoms with Gasteiger partial charge in [-0.15, -0.1) is 0 Å². The van der Waals surface area contributed by atoms with Crippen LogP contribution >= 0.6 is 0 Å². The van der Waals surface area contributed by atoms with Crippen molar-refractivity contribution in [1.82, 2.24) is 5.32 Å². The van der Waals surface area contributed by atoms with Gasteiger partial charge in [0.1, 0.15) is 5.75 Å². The molecule has 2 amide bonds. The van der Waals surface area contributed by atoms with Crippen LogP contribution in [0.1, 0.15) is 70.6 Å². The van der Waals surface area contributed by atoms with Crippen LogP contribution < -0.4 is 10.6 Å². The number of phenols is 1. The third kappa shape index (κ3) is 7.59. The molecule has 0 unspecified atom stereocenters. The van der Waals surface area contributed by atoms with Crippen LogP contribution in [-0.2, 0) is 9.59 Å². The van der Waals surface area contributed by atoms with Gasteiger partial charge in [0.25, 0.3) is 0 Å². The Morgan fingerprint density at radius 1 is 0.840 bits per heavy atom. The van der Waals surface area contributed by atoms with E-state index in [1.807, 2.05) is 0 Å². The van der Waals surface area contributed by atoms with Crippen molar-refractivity contribution in [3.05, 3.63) is 24.3 Å². The van der Waals surface area contributed by atoms with Crippen LogP contribution in [0.4, 0.5) is 5.69 Å². The monoisotopic (exact) mass is 346 g/mol. The fourth-order valence-electron chi connectivity index (χ4n) is 3.33. The number of rotatable bonds is 2. The van der Waals surface area contributed by atoms with Gasteiger partial charge >= 0.3 is 11.8 Å². The number of carbonyl (C=O) groups is 2. The predicted molar refractivity (Wildman–Crippen MR) is 99.5 cm³/mol. The molecular formula is C20H30N2O3. The lowest BCUT2D eigenvalue weighted by atomic mass is 9.98. The third-order valence-electron chi connectivity index (χ3n) is 4.75. The molecule has 138 valence electrons. The highest BCUT2D eigenvalue weighted by molar-refractivity contribution is 6.39. The largest absolute Gasteiger partial charge is 0.508 e. The van der Waals surface area contributed by atoms with Gasteiger partial charge in [0.2, 0.25) is 0 Å². The lowest BCUT2D eigenvalue weighted by molar-refractivity contribution is -0.136. The van der Waals surface area contributed by atoms with Crippen molar-refractivity contribution < 1.29 is 14.7 Å². The van der Waals surface area contributed by atoms with Gasteiger partial charge in [-0.1, -0.05) is 63.9 Å². The van der Waals surface area contributed by atoms with Crippen LogP contribution in [0.25, 0.3) is 0 Å². The highest BCUT2D eigenvalue weighted by atomic mass is 16.3.